The van der Waals surface area contributed by atoms with Gasteiger partial charge in [0.2, 0.25) is 0 Å². The lowest BCUT2D eigenvalue weighted by atomic mass is 10.2. The van der Waals surface area contributed by atoms with E-state index in [2.05, 4.69) is 20.4 Å². The number of hydrogen-bond acceptors (Lipinski definition) is 6. The van der Waals surface area contributed by atoms with Gasteiger partial charge in [0.05, 0.1) is 12.2 Å². The first-order valence-corrected chi connectivity index (χ1v) is 8.47. The summed E-state index contributed by atoms with van der Waals surface area (Å²) < 4.78 is 6.36. The van der Waals surface area contributed by atoms with Gasteiger partial charge in [0.15, 0.2) is 11.3 Å². The number of ether oxygens (including phenoxy) is 1. The zero-order valence-corrected chi connectivity index (χ0v) is 14.7. The Bertz CT molecular complexity index is 1020. The molecule has 0 bridgehead atoms. The van der Waals surface area contributed by atoms with E-state index in [1.165, 1.54) is 17.8 Å². The molecule has 0 radical (unpaired) electrons. The molecule has 0 spiro atoms. The minimum Gasteiger partial charge on any atom is -0.378 e. The molecule has 2 amide bonds. The van der Waals surface area contributed by atoms with Crippen LogP contribution in [0.25, 0.3) is 5.65 Å². The van der Waals surface area contributed by atoms with Crippen LogP contribution in [0.3, 0.4) is 0 Å². The average Bonchev–Trinajstić information content (AvgIpc) is 3.21. The second kappa shape index (κ2) is 6.76. The van der Waals surface area contributed by atoms with Crippen molar-refractivity contribution in [3.05, 3.63) is 58.8 Å². The molecule has 3 aromatic heterocycles. The minimum atomic E-state index is -0.683. The van der Waals surface area contributed by atoms with Gasteiger partial charge in [-0.15, -0.1) is 0 Å². The number of hydrogen-bond donors (Lipinski definition) is 2. The van der Waals surface area contributed by atoms with Crippen molar-refractivity contribution >= 4 is 17.5 Å². The molecule has 0 fully saturated rings. The van der Waals surface area contributed by atoms with Gasteiger partial charge in [0.1, 0.15) is 5.69 Å². The van der Waals surface area contributed by atoms with Gasteiger partial charge in [-0.05, 0) is 24.1 Å². The molecule has 1 unspecified atom stereocenters. The highest BCUT2D eigenvalue weighted by atomic mass is 16.5. The monoisotopic (exact) mass is 366 g/mol. The Morgan fingerprint density at radius 3 is 2.93 bits per heavy atom. The summed E-state index contributed by atoms with van der Waals surface area (Å²) in [5.41, 5.74) is 8.64. The van der Waals surface area contributed by atoms with E-state index in [1.54, 1.807) is 12.3 Å². The molecule has 3 heterocycles. The van der Waals surface area contributed by atoms with Crippen LogP contribution in [0.2, 0.25) is 0 Å². The molecule has 0 saturated carbocycles. The Morgan fingerprint density at radius 1 is 1.33 bits per heavy atom. The number of imidazole rings is 1. The van der Waals surface area contributed by atoms with Crippen LogP contribution >= 0.6 is 0 Å². The third-order valence-electron chi connectivity index (χ3n) is 4.58. The van der Waals surface area contributed by atoms with E-state index >= 15 is 0 Å². The molecule has 138 valence electrons. The third-order valence-corrected chi connectivity index (χ3v) is 4.58. The lowest BCUT2D eigenvalue weighted by molar-refractivity contribution is 0.0937. The summed E-state index contributed by atoms with van der Waals surface area (Å²) in [4.78, 5) is 33.4. The largest absolute Gasteiger partial charge is 0.378 e. The summed E-state index contributed by atoms with van der Waals surface area (Å²) in [6.07, 6.45) is 4.60. The highest BCUT2D eigenvalue weighted by molar-refractivity contribution is 6.01. The third kappa shape index (κ3) is 3.02. The maximum atomic E-state index is 12.9. The lowest BCUT2D eigenvalue weighted by Crippen LogP contribution is -2.35. The van der Waals surface area contributed by atoms with Gasteiger partial charge in [-0.3, -0.25) is 14.6 Å². The SMILES string of the molecule is COCc1nc2c(C(=O)NC3Cc4cccnc4C3)ccnn2c1C(N)=O. The van der Waals surface area contributed by atoms with Crippen molar-refractivity contribution in [1.29, 1.82) is 0 Å². The fraction of sp³-hybridized carbons (Fsp3) is 0.278. The van der Waals surface area contributed by atoms with Crippen LogP contribution in [0.15, 0.2) is 30.6 Å². The van der Waals surface area contributed by atoms with Crippen molar-refractivity contribution in [2.24, 2.45) is 5.73 Å². The number of pyridine rings is 1. The first-order valence-electron chi connectivity index (χ1n) is 8.47. The first-order chi connectivity index (χ1) is 13.1. The standard InChI is InChI=1S/C18H18N6O3/c1-27-9-14-15(16(19)25)24-17(23-14)12(4-6-21-24)18(26)22-11-7-10-3-2-5-20-13(10)8-11/h2-6,11H,7-9H2,1H3,(H2,19,25)(H,22,26). The zero-order valence-electron chi connectivity index (χ0n) is 14.7. The van der Waals surface area contributed by atoms with E-state index in [0.717, 1.165) is 17.7 Å². The number of nitrogens with one attached hydrogen (secondary N) is 1. The van der Waals surface area contributed by atoms with Crippen molar-refractivity contribution in [3.63, 3.8) is 0 Å². The van der Waals surface area contributed by atoms with Gasteiger partial charge < -0.3 is 15.8 Å². The molecular formula is C18H18N6O3. The Hall–Kier alpha value is -3.33. The summed E-state index contributed by atoms with van der Waals surface area (Å²) in [6.45, 7) is 0.0896. The highest BCUT2D eigenvalue weighted by Gasteiger charge is 2.26. The topological polar surface area (TPSA) is 124 Å². The first kappa shape index (κ1) is 17.1. The second-order valence-electron chi connectivity index (χ2n) is 6.37. The van der Waals surface area contributed by atoms with Gasteiger partial charge in [-0.2, -0.15) is 5.10 Å². The fourth-order valence-electron chi connectivity index (χ4n) is 3.43. The van der Waals surface area contributed by atoms with Crippen LogP contribution in [-0.2, 0) is 24.2 Å². The molecule has 0 aliphatic heterocycles. The van der Waals surface area contributed by atoms with Crippen LogP contribution in [0.5, 0.6) is 0 Å². The van der Waals surface area contributed by atoms with E-state index in [-0.39, 0.29) is 29.9 Å². The van der Waals surface area contributed by atoms with Crippen LogP contribution in [0.4, 0.5) is 0 Å². The number of nitrogens with two attached hydrogens (primary N) is 1. The molecule has 1 aliphatic carbocycles. The molecular weight excluding hydrogens is 348 g/mol. The Balaban J connectivity index is 1.65. The number of nitrogens with zero attached hydrogens (tertiary/aromatic N) is 4. The van der Waals surface area contributed by atoms with Gasteiger partial charge in [0, 0.05) is 37.7 Å². The van der Waals surface area contributed by atoms with Gasteiger partial charge in [-0.25, -0.2) is 9.50 Å². The molecule has 1 atom stereocenters. The van der Waals surface area contributed by atoms with Crippen LogP contribution in [-0.4, -0.2) is 44.5 Å². The second-order valence-corrected chi connectivity index (χ2v) is 6.37. The van der Waals surface area contributed by atoms with Gasteiger partial charge in [0.25, 0.3) is 11.8 Å². The van der Waals surface area contributed by atoms with Crippen molar-refractivity contribution in [1.82, 2.24) is 24.9 Å². The van der Waals surface area contributed by atoms with Crippen LogP contribution in [0, 0.1) is 0 Å². The molecule has 1 aliphatic rings. The predicted octanol–water partition coefficient (Wildman–Crippen LogP) is 0.267. The smallest absolute Gasteiger partial charge is 0.269 e. The lowest BCUT2D eigenvalue weighted by Gasteiger charge is -2.12. The molecule has 3 aromatic rings. The molecule has 0 aromatic carbocycles. The number of aromatic nitrogens is 4. The number of primary amides is 1. The van der Waals surface area contributed by atoms with Crippen molar-refractivity contribution in [2.45, 2.75) is 25.5 Å². The number of carbonyl (C=O) groups excluding carboxylic acids is 2. The summed E-state index contributed by atoms with van der Waals surface area (Å²) >= 11 is 0. The van der Waals surface area contributed by atoms with E-state index in [9.17, 15) is 9.59 Å². The molecule has 4 rings (SSSR count). The average molecular weight is 366 g/mol. The van der Waals surface area contributed by atoms with E-state index in [4.69, 9.17) is 10.5 Å². The predicted molar refractivity (Wildman–Crippen MR) is 95.1 cm³/mol. The number of rotatable bonds is 5. The van der Waals surface area contributed by atoms with E-state index in [1.807, 2.05) is 12.1 Å². The van der Waals surface area contributed by atoms with Crippen LogP contribution < -0.4 is 11.1 Å². The Labute approximate surface area is 154 Å². The van der Waals surface area contributed by atoms with Crippen molar-refractivity contribution < 1.29 is 14.3 Å². The summed E-state index contributed by atoms with van der Waals surface area (Å²) in [6, 6.07) is 5.44. The maximum Gasteiger partial charge on any atom is 0.269 e. The molecule has 0 saturated heterocycles. The summed E-state index contributed by atoms with van der Waals surface area (Å²) in [7, 11) is 1.49. The number of methoxy groups -OCH3 is 1. The van der Waals surface area contributed by atoms with E-state index < -0.39 is 5.91 Å². The van der Waals surface area contributed by atoms with Crippen molar-refractivity contribution in [3.8, 4) is 0 Å². The van der Waals surface area contributed by atoms with Gasteiger partial charge >= 0.3 is 0 Å². The number of amides is 2. The number of fused-ring (bicyclic) bond motifs is 2. The Kier molecular flexibility index (Phi) is 4.28. The molecule has 9 heteroatoms. The van der Waals surface area contributed by atoms with Gasteiger partial charge in [-0.1, -0.05) is 6.07 Å². The minimum absolute atomic E-state index is 0.0420. The summed E-state index contributed by atoms with van der Waals surface area (Å²) in [5.74, 6) is -0.970. The van der Waals surface area contributed by atoms with Crippen molar-refractivity contribution in [2.75, 3.05) is 7.11 Å². The Morgan fingerprint density at radius 2 is 2.19 bits per heavy atom. The highest BCUT2D eigenvalue weighted by Crippen LogP contribution is 2.21. The quantitative estimate of drug-likeness (QED) is 0.668. The van der Waals surface area contributed by atoms with E-state index in [0.29, 0.717) is 17.7 Å². The fourth-order valence-corrected chi connectivity index (χ4v) is 3.43. The van der Waals surface area contributed by atoms with Crippen LogP contribution in [0.1, 0.15) is 37.8 Å². The normalized spacial score (nSPS) is 15.7. The summed E-state index contributed by atoms with van der Waals surface area (Å²) in [5, 5.41) is 7.14. The molecule has 9 nitrogen and oxygen atoms in total. The molecule has 27 heavy (non-hydrogen) atoms. The zero-order chi connectivity index (χ0) is 19.0. The number of carbonyl (C=O) groups is 2. The maximum absolute atomic E-state index is 12.9. The molecule has 3 N–H and O–H groups in total.